The number of aromatic nitrogens is 1. The van der Waals surface area contributed by atoms with Gasteiger partial charge in [-0.05, 0) is 85.8 Å². The minimum Gasteiger partial charge on any atom is -0.257 e. The molecule has 0 radical (unpaired) electrons. The monoisotopic (exact) mass is 405 g/mol. The standard InChI is InChI=1S/C27H37N.C2H6/c1-6-8-14-24-26(22-17-21-15-16-23(22)27(21,5)7-2)18(3)25(19(4)28-24)20-12-10-9-11-13-20;1-2/h9-13,21-23H,6-8,14-17H2,1-5H3;1-2H3/t21?,22-,23?,27?;/m0./s1. The average Bonchev–Trinajstić information content (AvgIpc) is 3.24. The van der Waals surface area contributed by atoms with Crippen LogP contribution in [0, 0.1) is 31.1 Å². The molecule has 0 amide bonds. The van der Waals surface area contributed by atoms with Gasteiger partial charge in [-0.15, -0.1) is 0 Å². The van der Waals surface area contributed by atoms with E-state index in [1.54, 1.807) is 5.56 Å². The van der Waals surface area contributed by atoms with Crippen molar-refractivity contribution >= 4 is 0 Å². The van der Waals surface area contributed by atoms with Crippen LogP contribution in [-0.4, -0.2) is 4.98 Å². The molecule has 3 unspecified atom stereocenters. The minimum absolute atomic E-state index is 0.539. The van der Waals surface area contributed by atoms with E-state index < -0.39 is 0 Å². The Labute approximate surface area is 185 Å². The Morgan fingerprint density at radius 2 is 1.73 bits per heavy atom. The number of rotatable bonds is 6. The lowest BCUT2D eigenvalue weighted by atomic mass is 9.73. The van der Waals surface area contributed by atoms with Gasteiger partial charge in [-0.25, -0.2) is 0 Å². The van der Waals surface area contributed by atoms with E-state index in [1.165, 1.54) is 66.6 Å². The number of nitrogens with zero attached hydrogens (tertiary/aromatic N) is 1. The van der Waals surface area contributed by atoms with E-state index in [0.29, 0.717) is 11.3 Å². The first-order chi connectivity index (χ1) is 14.5. The summed E-state index contributed by atoms with van der Waals surface area (Å²) in [6.07, 6.45) is 9.19. The van der Waals surface area contributed by atoms with Crippen molar-refractivity contribution in [2.75, 3.05) is 0 Å². The number of hydrogen-bond donors (Lipinski definition) is 0. The van der Waals surface area contributed by atoms with Crippen LogP contribution in [0.1, 0.15) is 102 Å². The number of aryl methyl sites for hydroxylation is 2. The quantitative estimate of drug-likeness (QED) is 0.468. The van der Waals surface area contributed by atoms with Crippen molar-refractivity contribution in [1.29, 1.82) is 0 Å². The number of benzene rings is 1. The van der Waals surface area contributed by atoms with Crippen LogP contribution in [0.4, 0.5) is 0 Å². The molecule has 1 heterocycles. The smallest absolute Gasteiger partial charge is 0.0457 e. The van der Waals surface area contributed by atoms with Gasteiger partial charge in [0.1, 0.15) is 0 Å². The molecular weight excluding hydrogens is 362 g/mol. The van der Waals surface area contributed by atoms with E-state index >= 15 is 0 Å². The van der Waals surface area contributed by atoms with Gasteiger partial charge >= 0.3 is 0 Å². The molecule has 0 saturated heterocycles. The van der Waals surface area contributed by atoms with Gasteiger partial charge in [0.2, 0.25) is 0 Å². The van der Waals surface area contributed by atoms with Crippen LogP contribution >= 0.6 is 0 Å². The Bertz CT molecular complexity index is 837. The normalized spacial score (nSPS) is 27.1. The van der Waals surface area contributed by atoms with Crippen LogP contribution in [0.5, 0.6) is 0 Å². The molecular formula is C29H43N. The van der Waals surface area contributed by atoms with E-state index in [9.17, 15) is 0 Å². The molecule has 0 spiro atoms. The molecule has 0 aliphatic heterocycles. The summed E-state index contributed by atoms with van der Waals surface area (Å²) in [6, 6.07) is 10.9. The molecule has 2 saturated carbocycles. The van der Waals surface area contributed by atoms with E-state index in [1.807, 2.05) is 13.8 Å². The molecule has 2 bridgehead atoms. The van der Waals surface area contributed by atoms with Crippen molar-refractivity contribution in [3.8, 4) is 11.1 Å². The van der Waals surface area contributed by atoms with Crippen molar-refractivity contribution < 1.29 is 0 Å². The van der Waals surface area contributed by atoms with E-state index in [-0.39, 0.29) is 0 Å². The SMILES string of the molecule is CC.CCCCc1nc(C)c(-c2ccccc2)c(C)c1[C@H]1CC2CCC1C2(C)CC. The van der Waals surface area contributed by atoms with Gasteiger partial charge < -0.3 is 0 Å². The van der Waals surface area contributed by atoms with Crippen molar-refractivity contribution in [3.63, 3.8) is 0 Å². The van der Waals surface area contributed by atoms with Crippen molar-refractivity contribution in [3.05, 3.63) is 52.8 Å². The first kappa shape index (κ1) is 23.0. The maximum absolute atomic E-state index is 5.25. The molecule has 0 N–H and O–H groups in total. The summed E-state index contributed by atoms with van der Waals surface area (Å²) in [4.78, 5) is 5.25. The fourth-order valence-electron chi connectivity index (χ4n) is 6.73. The minimum atomic E-state index is 0.539. The maximum atomic E-state index is 5.25. The third-order valence-corrected chi connectivity index (χ3v) is 8.35. The predicted octanol–water partition coefficient (Wildman–Crippen LogP) is 8.66. The second kappa shape index (κ2) is 9.67. The summed E-state index contributed by atoms with van der Waals surface area (Å²) in [5, 5.41) is 0. The largest absolute Gasteiger partial charge is 0.257 e. The zero-order valence-corrected chi connectivity index (χ0v) is 20.5. The third kappa shape index (κ3) is 3.85. The maximum Gasteiger partial charge on any atom is 0.0457 e. The Morgan fingerprint density at radius 3 is 2.33 bits per heavy atom. The van der Waals surface area contributed by atoms with Crippen LogP contribution in [0.3, 0.4) is 0 Å². The molecule has 1 nitrogen and oxygen atoms in total. The highest BCUT2D eigenvalue weighted by molar-refractivity contribution is 5.71. The second-order valence-electron chi connectivity index (χ2n) is 9.61. The topological polar surface area (TPSA) is 12.9 Å². The lowest BCUT2D eigenvalue weighted by molar-refractivity contribution is 0.210. The molecule has 4 rings (SSSR count). The Kier molecular flexibility index (Phi) is 7.43. The van der Waals surface area contributed by atoms with Crippen LogP contribution in [-0.2, 0) is 6.42 Å². The average molecular weight is 406 g/mol. The molecule has 1 aromatic carbocycles. The van der Waals surface area contributed by atoms with Crippen LogP contribution in [0.2, 0.25) is 0 Å². The summed E-state index contributed by atoms with van der Waals surface area (Å²) in [6.45, 7) is 15.9. The highest BCUT2D eigenvalue weighted by Gasteiger charge is 2.55. The summed E-state index contributed by atoms with van der Waals surface area (Å²) in [5.74, 6) is 2.47. The summed E-state index contributed by atoms with van der Waals surface area (Å²) in [5.41, 5.74) is 9.02. The molecule has 2 aliphatic rings. The lowest BCUT2D eigenvalue weighted by Crippen LogP contribution is -2.23. The van der Waals surface area contributed by atoms with Crippen LogP contribution in [0.25, 0.3) is 11.1 Å². The lowest BCUT2D eigenvalue weighted by Gasteiger charge is -2.32. The summed E-state index contributed by atoms with van der Waals surface area (Å²) in [7, 11) is 0. The number of unbranched alkanes of at least 4 members (excludes halogenated alkanes) is 1. The van der Waals surface area contributed by atoms with Crippen molar-refractivity contribution in [1.82, 2.24) is 4.98 Å². The first-order valence-electron chi connectivity index (χ1n) is 12.6. The highest BCUT2D eigenvalue weighted by Crippen LogP contribution is 2.65. The molecule has 1 aromatic heterocycles. The molecule has 164 valence electrons. The van der Waals surface area contributed by atoms with E-state index in [0.717, 1.165) is 18.3 Å². The van der Waals surface area contributed by atoms with Gasteiger partial charge in [0.25, 0.3) is 0 Å². The van der Waals surface area contributed by atoms with Crippen LogP contribution < -0.4 is 0 Å². The van der Waals surface area contributed by atoms with Gasteiger partial charge in [-0.1, -0.05) is 77.8 Å². The second-order valence-corrected chi connectivity index (χ2v) is 9.61. The molecule has 1 heteroatoms. The fourth-order valence-corrected chi connectivity index (χ4v) is 6.73. The van der Waals surface area contributed by atoms with Gasteiger partial charge in [0.05, 0.1) is 0 Å². The van der Waals surface area contributed by atoms with Gasteiger partial charge in [-0.2, -0.15) is 0 Å². The van der Waals surface area contributed by atoms with E-state index in [4.69, 9.17) is 4.98 Å². The fraction of sp³-hybridized carbons (Fsp3) is 0.621. The first-order valence-corrected chi connectivity index (χ1v) is 12.6. The zero-order valence-electron chi connectivity index (χ0n) is 20.5. The van der Waals surface area contributed by atoms with Crippen molar-refractivity contribution in [2.45, 2.75) is 99.3 Å². The van der Waals surface area contributed by atoms with Crippen molar-refractivity contribution in [2.24, 2.45) is 17.3 Å². The predicted molar refractivity (Wildman–Crippen MR) is 131 cm³/mol. The molecule has 4 atom stereocenters. The Balaban J connectivity index is 0.00000124. The molecule has 2 aliphatic carbocycles. The zero-order chi connectivity index (χ0) is 21.9. The summed E-state index contributed by atoms with van der Waals surface area (Å²) < 4.78 is 0. The Hall–Kier alpha value is -1.63. The number of pyridine rings is 1. The summed E-state index contributed by atoms with van der Waals surface area (Å²) >= 11 is 0. The van der Waals surface area contributed by atoms with E-state index in [2.05, 4.69) is 65.0 Å². The number of fused-ring (bicyclic) bond motifs is 2. The highest BCUT2D eigenvalue weighted by atomic mass is 14.7. The molecule has 2 fully saturated rings. The van der Waals surface area contributed by atoms with Gasteiger partial charge in [0.15, 0.2) is 0 Å². The third-order valence-electron chi connectivity index (χ3n) is 8.35. The van der Waals surface area contributed by atoms with Gasteiger partial charge in [-0.3, -0.25) is 4.98 Å². The van der Waals surface area contributed by atoms with Gasteiger partial charge in [0, 0.05) is 17.0 Å². The van der Waals surface area contributed by atoms with Crippen LogP contribution in [0.15, 0.2) is 30.3 Å². The number of hydrogen-bond acceptors (Lipinski definition) is 1. The Morgan fingerprint density at radius 1 is 1.03 bits per heavy atom. The molecule has 30 heavy (non-hydrogen) atoms. The molecule has 2 aromatic rings.